The summed E-state index contributed by atoms with van der Waals surface area (Å²) < 4.78 is 5.54. The average molecular weight is 310 g/mol. The first-order chi connectivity index (χ1) is 11.1. The van der Waals surface area contributed by atoms with Crippen molar-refractivity contribution in [2.45, 2.75) is 33.3 Å². The molecule has 4 heteroatoms. The lowest BCUT2D eigenvalue weighted by Gasteiger charge is -2.19. The Hall–Kier alpha value is -2.36. The van der Waals surface area contributed by atoms with Gasteiger partial charge in [-0.3, -0.25) is 0 Å². The average Bonchev–Trinajstić information content (AvgIpc) is 3.10. The molecule has 0 saturated carbocycles. The molecule has 0 amide bonds. The van der Waals surface area contributed by atoms with Gasteiger partial charge in [-0.1, -0.05) is 23.8 Å². The van der Waals surface area contributed by atoms with Gasteiger partial charge in [0.2, 0.25) is 0 Å². The summed E-state index contributed by atoms with van der Waals surface area (Å²) in [6.45, 7) is 6.27. The predicted octanol–water partition coefficient (Wildman–Crippen LogP) is 3.66. The third-order valence-corrected chi connectivity index (χ3v) is 4.28. The molecule has 1 saturated heterocycles. The van der Waals surface area contributed by atoms with E-state index in [2.05, 4.69) is 28.1 Å². The van der Waals surface area contributed by atoms with Crippen LogP contribution in [0, 0.1) is 13.8 Å². The highest BCUT2D eigenvalue weighted by Gasteiger charge is 2.21. The van der Waals surface area contributed by atoms with Crippen molar-refractivity contribution in [1.82, 2.24) is 4.98 Å². The Kier molecular flexibility index (Phi) is 4.60. The Bertz CT molecular complexity index is 706. The number of carbonyl (C=O) groups excluding carboxylic acids is 1. The van der Waals surface area contributed by atoms with Crippen LogP contribution in [-0.2, 0) is 11.3 Å². The molecule has 3 rings (SSSR count). The Morgan fingerprint density at radius 3 is 2.78 bits per heavy atom. The van der Waals surface area contributed by atoms with E-state index in [4.69, 9.17) is 4.74 Å². The molecule has 120 valence electrons. The molecule has 1 aliphatic heterocycles. The van der Waals surface area contributed by atoms with Gasteiger partial charge < -0.3 is 9.64 Å². The lowest BCUT2D eigenvalue weighted by atomic mass is 10.1. The van der Waals surface area contributed by atoms with E-state index in [1.807, 2.05) is 13.8 Å². The number of hydrogen-bond donors (Lipinski definition) is 0. The fraction of sp³-hybridized carbons (Fsp3) is 0.368. The first-order valence-corrected chi connectivity index (χ1v) is 8.08. The number of hydrogen-bond acceptors (Lipinski definition) is 4. The van der Waals surface area contributed by atoms with Crippen LogP contribution in [0.5, 0.6) is 0 Å². The summed E-state index contributed by atoms with van der Waals surface area (Å²) in [5.74, 6) is 0.442. The Morgan fingerprint density at radius 2 is 2.00 bits per heavy atom. The highest BCUT2D eigenvalue weighted by atomic mass is 16.5. The van der Waals surface area contributed by atoms with E-state index in [0.717, 1.165) is 42.9 Å². The standard InChI is InChI=1S/C19H22N2O2/c1-14-7-8-15(2)16(12-14)13-23-19(22)17-6-5-9-20-18(17)21-10-3-4-11-21/h5-9,12H,3-4,10-11,13H2,1-2H3. The van der Waals surface area contributed by atoms with Crippen LogP contribution < -0.4 is 4.90 Å². The summed E-state index contributed by atoms with van der Waals surface area (Å²) in [5, 5.41) is 0. The molecule has 1 aromatic heterocycles. The number of anilines is 1. The molecule has 4 nitrogen and oxygen atoms in total. The highest BCUT2D eigenvalue weighted by molar-refractivity contribution is 5.94. The molecule has 0 bridgehead atoms. The van der Waals surface area contributed by atoms with E-state index in [1.54, 1.807) is 18.3 Å². The first-order valence-electron chi connectivity index (χ1n) is 8.08. The quantitative estimate of drug-likeness (QED) is 0.808. The van der Waals surface area contributed by atoms with Crippen LogP contribution in [-0.4, -0.2) is 24.0 Å². The molecule has 0 atom stereocenters. The topological polar surface area (TPSA) is 42.4 Å². The largest absolute Gasteiger partial charge is 0.457 e. The van der Waals surface area contributed by atoms with Crippen LogP contribution in [0.2, 0.25) is 0 Å². The summed E-state index contributed by atoms with van der Waals surface area (Å²) >= 11 is 0. The zero-order valence-corrected chi connectivity index (χ0v) is 13.7. The molecule has 1 aromatic carbocycles. The first kappa shape index (κ1) is 15.5. The summed E-state index contributed by atoms with van der Waals surface area (Å²) in [5.41, 5.74) is 3.90. The third-order valence-electron chi connectivity index (χ3n) is 4.28. The molecule has 0 unspecified atom stereocenters. The normalized spacial score (nSPS) is 14.1. The molecule has 1 fully saturated rings. The molecule has 2 heterocycles. The van der Waals surface area contributed by atoms with Crippen molar-refractivity contribution in [2.24, 2.45) is 0 Å². The van der Waals surface area contributed by atoms with Gasteiger partial charge in [0.25, 0.3) is 0 Å². The zero-order valence-electron chi connectivity index (χ0n) is 13.7. The summed E-state index contributed by atoms with van der Waals surface area (Å²) in [7, 11) is 0. The second kappa shape index (κ2) is 6.82. The van der Waals surface area contributed by atoms with Crippen LogP contribution in [0.4, 0.5) is 5.82 Å². The van der Waals surface area contributed by atoms with E-state index in [-0.39, 0.29) is 5.97 Å². The SMILES string of the molecule is Cc1ccc(C)c(COC(=O)c2cccnc2N2CCCC2)c1. The molecule has 1 aliphatic rings. The molecule has 0 N–H and O–H groups in total. The van der Waals surface area contributed by atoms with Crippen molar-refractivity contribution in [3.63, 3.8) is 0 Å². The number of benzene rings is 1. The van der Waals surface area contributed by atoms with Gasteiger partial charge in [-0.15, -0.1) is 0 Å². The lowest BCUT2D eigenvalue weighted by Crippen LogP contribution is -2.22. The predicted molar refractivity (Wildman–Crippen MR) is 90.7 cm³/mol. The van der Waals surface area contributed by atoms with Crippen molar-refractivity contribution in [1.29, 1.82) is 0 Å². The smallest absolute Gasteiger partial charge is 0.342 e. The number of aryl methyl sites for hydroxylation is 2. The van der Waals surface area contributed by atoms with Crippen LogP contribution in [0.15, 0.2) is 36.5 Å². The maximum atomic E-state index is 12.5. The van der Waals surface area contributed by atoms with E-state index >= 15 is 0 Å². The second-order valence-corrected chi connectivity index (χ2v) is 6.07. The lowest BCUT2D eigenvalue weighted by molar-refractivity contribution is 0.0472. The number of esters is 1. The summed E-state index contributed by atoms with van der Waals surface area (Å²) in [6, 6.07) is 9.76. The summed E-state index contributed by atoms with van der Waals surface area (Å²) in [4.78, 5) is 19.1. The van der Waals surface area contributed by atoms with Gasteiger partial charge in [-0.25, -0.2) is 9.78 Å². The van der Waals surface area contributed by atoms with Crippen molar-refractivity contribution < 1.29 is 9.53 Å². The Balaban J connectivity index is 1.75. The number of nitrogens with zero attached hydrogens (tertiary/aromatic N) is 2. The van der Waals surface area contributed by atoms with Crippen molar-refractivity contribution >= 4 is 11.8 Å². The molecule has 2 aromatic rings. The number of ether oxygens (including phenoxy) is 1. The van der Waals surface area contributed by atoms with Crippen molar-refractivity contribution in [2.75, 3.05) is 18.0 Å². The van der Waals surface area contributed by atoms with Crippen molar-refractivity contribution in [3.05, 3.63) is 58.8 Å². The van der Waals surface area contributed by atoms with Gasteiger partial charge in [0, 0.05) is 19.3 Å². The van der Waals surface area contributed by atoms with Gasteiger partial charge in [0.05, 0.1) is 0 Å². The van der Waals surface area contributed by atoms with Gasteiger partial charge in [-0.05, 0) is 49.9 Å². The fourth-order valence-corrected chi connectivity index (χ4v) is 2.91. The van der Waals surface area contributed by atoms with E-state index in [9.17, 15) is 4.79 Å². The van der Waals surface area contributed by atoms with Gasteiger partial charge >= 0.3 is 5.97 Å². The second-order valence-electron chi connectivity index (χ2n) is 6.07. The Morgan fingerprint density at radius 1 is 1.22 bits per heavy atom. The molecule has 0 radical (unpaired) electrons. The minimum atomic E-state index is -0.305. The molecule has 0 aliphatic carbocycles. The third kappa shape index (κ3) is 3.52. The van der Waals surface area contributed by atoms with Crippen LogP contribution >= 0.6 is 0 Å². The van der Waals surface area contributed by atoms with Crippen LogP contribution in [0.3, 0.4) is 0 Å². The molecular formula is C19H22N2O2. The Labute approximate surface area is 137 Å². The minimum absolute atomic E-state index is 0.292. The van der Waals surface area contributed by atoms with Gasteiger partial charge in [-0.2, -0.15) is 0 Å². The molecule has 0 spiro atoms. The fourth-order valence-electron chi connectivity index (χ4n) is 2.91. The maximum Gasteiger partial charge on any atom is 0.342 e. The number of rotatable bonds is 4. The number of pyridine rings is 1. The highest BCUT2D eigenvalue weighted by Crippen LogP contribution is 2.23. The zero-order chi connectivity index (χ0) is 16.2. The van der Waals surface area contributed by atoms with E-state index < -0.39 is 0 Å². The van der Waals surface area contributed by atoms with Crippen molar-refractivity contribution in [3.8, 4) is 0 Å². The monoisotopic (exact) mass is 310 g/mol. The molecule has 23 heavy (non-hydrogen) atoms. The number of aromatic nitrogens is 1. The van der Waals surface area contributed by atoms with Crippen LogP contribution in [0.1, 0.15) is 39.9 Å². The van der Waals surface area contributed by atoms with E-state index in [1.165, 1.54) is 5.56 Å². The summed E-state index contributed by atoms with van der Waals surface area (Å²) in [6.07, 6.45) is 4.02. The molecular weight excluding hydrogens is 288 g/mol. The van der Waals surface area contributed by atoms with Gasteiger partial charge in [0.15, 0.2) is 0 Å². The van der Waals surface area contributed by atoms with Gasteiger partial charge in [0.1, 0.15) is 18.0 Å². The maximum absolute atomic E-state index is 12.5. The number of carbonyl (C=O) groups is 1. The van der Waals surface area contributed by atoms with E-state index in [0.29, 0.717) is 12.2 Å². The van der Waals surface area contributed by atoms with Crippen LogP contribution in [0.25, 0.3) is 0 Å². The minimum Gasteiger partial charge on any atom is -0.457 e.